The van der Waals surface area contributed by atoms with Crippen LogP contribution in [0.25, 0.3) is 5.76 Å². The van der Waals surface area contributed by atoms with Crippen molar-refractivity contribution in [2.45, 2.75) is 32.4 Å². The largest absolute Gasteiger partial charge is 0.507 e. The number of carbonyl (C=O) groups is 2. The number of nitrogens with zero attached hydrogens (tertiary/aromatic N) is 1. The Morgan fingerprint density at radius 2 is 1.79 bits per heavy atom. The Morgan fingerprint density at radius 3 is 2.39 bits per heavy atom. The van der Waals surface area contributed by atoms with E-state index < -0.39 is 17.7 Å². The quantitative estimate of drug-likeness (QED) is 0.248. The number of hydrogen-bond donors (Lipinski definition) is 1. The molecule has 0 radical (unpaired) electrons. The van der Waals surface area contributed by atoms with Gasteiger partial charge in [-0.05, 0) is 56.2 Å². The molecule has 8 heteroatoms. The normalized spacial score (nSPS) is 17.6. The van der Waals surface area contributed by atoms with Crippen molar-refractivity contribution in [1.82, 2.24) is 4.90 Å². The SMILES string of the molecule is COc1ccc(C2/C(=C(/O)c3ccc(Cl)c(OC)c3)C(=O)C(=O)N2CCCOC(C)C)cc1. The zero-order valence-corrected chi connectivity index (χ0v) is 19.9. The number of hydrogen-bond acceptors (Lipinski definition) is 6. The molecule has 0 aliphatic carbocycles. The van der Waals surface area contributed by atoms with Gasteiger partial charge in [0.1, 0.15) is 17.3 Å². The molecule has 1 N–H and O–H groups in total. The average molecular weight is 474 g/mol. The zero-order chi connectivity index (χ0) is 24.1. The predicted octanol–water partition coefficient (Wildman–Crippen LogP) is 4.59. The van der Waals surface area contributed by atoms with Gasteiger partial charge in [-0.15, -0.1) is 0 Å². The van der Waals surface area contributed by atoms with Gasteiger partial charge in [-0.25, -0.2) is 0 Å². The molecule has 3 rings (SSSR count). The molecule has 2 aromatic carbocycles. The van der Waals surface area contributed by atoms with E-state index in [1.165, 1.54) is 18.1 Å². The van der Waals surface area contributed by atoms with Crippen molar-refractivity contribution in [1.29, 1.82) is 0 Å². The number of methoxy groups -OCH3 is 2. The van der Waals surface area contributed by atoms with E-state index in [0.29, 0.717) is 47.2 Å². The molecule has 1 aliphatic heterocycles. The fourth-order valence-corrected chi connectivity index (χ4v) is 3.95. The third-order valence-electron chi connectivity index (χ3n) is 5.39. The lowest BCUT2D eigenvalue weighted by Crippen LogP contribution is -2.31. The summed E-state index contributed by atoms with van der Waals surface area (Å²) in [5, 5.41) is 11.5. The van der Waals surface area contributed by atoms with Gasteiger partial charge in [0.05, 0.1) is 37.0 Å². The number of likely N-dealkylation sites (tertiary alicyclic amines) is 1. The molecular formula is C25H28ClNO6. The van der Waals surface area contributed by atoms with Gasteiger partial charge in [-0.2, -0.15) is 0 Å². The van der Waals surface area contributed by atoms with Crippen LogP contribution in [-0.2, 0) is 14.3 Å². The van der Waals surface area contributed by atoms with Gasteiger partial charge in [-0.3, -0.25) is 9.59 Å². The van der Waals surface area contributed by atoms with Crippen LogP contribution in [0, 0.1) is 0 Å². The van der Waals surface area contributed by atoms with E-state index in [4.69, 9.17) is 25.8 Å². The Hall–Kier alpha value is -3.03. The molecule has 0 spiro atoms. The van der Waals surface area contributed by atoms with Gasteiger partial charge in [0.2, 0.25) is 0 Å². The van der Waals surface area contributed by atoms with Crippen LogP contribution in [0.5, 0.6) is 11.5 Å². The van der Waals surface area contributed by atoms with Crippen LogP contribution in [0.15, 0.2) is 48.0 Å². The van der Waals surface area contributed by atoms with Gasteiger partial charge in [0, 0.05) is 18.7 Å². The topological polar surface area (TPSA) is 85.3 Å². The second-order valence-electron chi connectivity index (χ2n) is 7.89. The number of ketones is 1. The fraction of sp³-hybridized carbons (Fsp3) is 0.360. The van der Waals surface area contributed by atoms with Crippen LogP contribution in [0.4, 0.5) is 0 Å². The highest BCUT2D eigenvalue weighted by Gasteiger charge is 2.45. The number of amides is 1. The highest BCUT2D eigenvalue weighted by molar-refractivity contribution is 6.46. The molecule has 1 atom stereocenters. The summed E-state index contributed by atoms with van der Waals surface area (Å²) in [6.07, 6.45) is 0.616. The molecule has 1 aliphatic rings. The fourth-order valence-electron chi connectivity index (χ4n) is 3.76. The van der Waals surface area contributed by atoms with Crippen LogP contribution in [0.3, 0.4) is 0 Å². The molecular weight excluding hydrogens is 446 g/mol. The summed E-state index contributed by atoms with van der Waals surface area (Å²) >= 11 is 6.11. The Labute approximate surface area is 198 Å². The molecule has 0 bridgehead atoms. The molecule has 1 saturated heterocycles. The van der Waals surface area contributed by atoms with Crippen LogP contribution in [0.1, 0.15) is 37.4 Å². The maximum Gasteiger partial charge on any atom is 0.295 e. The van der Waals surface area contributed by atoms with E-state index in [1.807, 2.05) is 13.8 Å². The van der Waals surface area contributed by atoms with Gasteiger partial charge >= 0.3 is 0 Å². The molecule has 1 unspecified atom stereocenters. The Bertz CT molecular complexity index is 1050. The van der Waals surface area contributed by atoms with E-state index in [-0.39, 0.29) is 17.4 Å². The summed E-state index contributed by atoms with van der Waals surface area (Å²) in [6.45, 7) is 4.62. The monoisotopic (exact) mass is 473 g/mol. The summed E-state index contributed by atoms with van der Waals surface area (Å²) < 4.78 is 16.1. The molecule has 7 nitrogen and oxygen atoms in total. The smallest absolute Gasteiger partial charge is 0.295 e. The molecule has 1 amide bonds. The Balaban J connectivity index is 2.06. The van der Waals surface area contributed by atoms with E-state index in [9.17, 15) is 14.7 Å². The first-order valence-electron chi connectivity index (χ1n) is 10.7. The minimum Gasteiger partial charge on any atom is -0.507 e. The van der Waals surface area contributed by atoms with Gasteiger partial charge in [-0.1, -0.05) is 23.7 Å². The number of Topliss-reactive ketones (excluding diaryl/α,β-unsaturated/α-hetero) is 1. The molecule has 0 saturated carbocycles. The van der Waals surface area contributed by atoms with Crippen molar-refractivity contribution >= 4 is 29.1 Å². The van der Waals surface area contributed by atoms with Crippen LogP contribution in [0.2, 0.25) is 5.02 Å². The van der Waals surface area contributed by atoms with E-state index in [0.717, 1.165) is 0 Å². The van der Waals surface area contributed by atoms with Crippen LogP contribution in [-0.4, -0.2) is 55.2 Å². The molecule has 176 valence electrons. The lowest BCUT2D eigenvalue weighted by Gasteiger charge is -2.25. The Morgan fingerprint density at radius 1 is 1.09 bits per heavy atom. The molecule has 1 heterocycles. The number of ether oxygens (including phenoxy) is 3. The third kappa shape index (κ3) is 5.31. The van der Waals surface area contributed by atoms with Crippen LogP contribution < -0.4 is 9.47 Å². The number of aliphatic hydroxyl groups excluding tert-OH is 1. The van der Waals surface area contributed by atoms with Gasteiger partial charge in [0.25, 0.3) is 11.7 Å². The molecule has 2 aromatic rings. The van der Waals surface area contributed by atoms with Crippen molar-refractivity contribution in [3.63, 3.8) is 0 Å². The lowest BCUT2D eigenvalue weighted by molar-refractivity contribution is -0.140. The highest BCUT2D eigenvalue weighted by atomic mass is 35.5. The number of carbonyl (C=O) groups excluding carboxylic acids is 2. The summed E-state index contributed by atoms with van der Waals surface area (Å²) in [4.78, 5) is 27.5. The first-order valence-corrected chi connectivity index (χ1v) is 11.0. The van der Waals surface area contributed by atoms with E-state index in [2.05, 4.69) is 0 Å². The second-order valence-corrected chi connectivity index (χ2v) is 8.30. The van der Waals surface area contributed by atoms with Gasteiger partial charge in [0.15, 0.2) is 0 Å². The number of benzene rings is 2. The second kappa shape index (κ2) is 10.7. The summed E-state index contributed by atoms with van der Waals surface area (Å²) in [5.41, 5.74) is 1.03. The maximum absolute atomic E-state index is 13.1. The van der Waals surface area contributed by atoms with Crippen molar-refractivity contribution in [3.8, 4) is 11.5 Å². The molecule has 1 fully saturated rings. The third-order valence-corrected chi connectivity index (χ3v) is 5.70. The minimum atomic E-state index is -0.753. The minimum absolute atomic E-state index is 0.0133. The number of aliphatic hydroxyl groups is 1. The molecule has 33 heavy (non-hydrogen) atoms. The zero-order valence-electron chi connectivity index (χ0n) is 19.1. The predicted molar refractivity (Wildman–Crippen MR) is 126 cm³/mol. The van der Waals surface area contributed by atoms with E-state index in [1.54, 1.807) is 43.5 Å². The summed E-state index contributed by atoms with van der Waals surface area (Å²) in [5.74, 6) is -0.704. The first-order chi connectivity index (χ1) is 15.8. The number of halogens is 1. The summed E-state index contributed by atoms with van der Waals surface area (Å²) in [6, 6.07) is 11.0. The Kier molecular flexibility index (Phi) is 8.00. The van der Waals surface area contributed by atoms with E-state index >= 15 is 0 Å². The van der Waals surface area contributed by atoms with Crippen molar-refractivity contribution < 1.29 is 28.9 Å². The van der Waals surface area contributed by atoms with Gasteiger partial charge < -0.3 is 24.2 Å². The lowest BCUT2D eigenvalue weighted by atomic mass is 9.95. The van der Waals surface area contributed by atoms with Crippen LogP contribution >= 0.6 is 11.6 Å². The molecule has 0 aromatic heterocycles. The van der Waals surface area contributed by atoms with Crippen molar-refractivity contribution in [2.75, 3.05) is 27.4 Å². The summed E-state index contributed by atoms with van der Waals surface area (Å²) in [7, 11) is 3.02. The number of rotatable bonds is 9. The highest BCUT2D eigenvalue weighted by Crippen LogP contribution is 2.40. The average Bonchev–Trinajstić information content (AvgIpc) is 3.06. The standard InChI is InChI=1S/C25H28ClNO6/c1-15(2)33-13-5-12-27-22(16-6-9-18(31-3)10-7-16)21(24(29)25(27)30)23(28)17-8-11-19(26)20(14-17)32-4/h6-11,14-15,22,28H,5,12-13H2,1-4H3/b23-21-. The van der Waals surface area contributed by atoms with Crippen molar-refractivity contribution in [2.24, 2.45) is 0 Å². The maximum atomic E-state index is 13.1. The first kappa shape index (κ1) is 24.6. The van der Waals surface area contributed by atoms with Crippen molar-refractivity contribution in [3.05, 3.63) is 64.2 Å².